The molecule has 2 heterocycles. The van der Waals surface area contributed by atoms with Crippen LogP contribution in [0.15, 0.2) is 30.3 Å². The normalized spacial score (nSPS) is 12.8. The van der Waals surface area contributed by atoms with Gasteiger partial charge < -0.3 is 9.30 Å². The highest BCUT2D eigenvalue weighted by atomic mass is 35.5. The summed E-state index contributed by atoms with van der Waals surface area (Å²) >= 11 is 13.7. The molecule has 0 aliphatic heterocycles. The fourth-order valence-electron chi connectivity index (χ4n) is 2.46. The molecule has 0 amide bonds. The number of thiophene rings is 1. The molecule has 0 bridgehead atoms. The minimum Gasteiger partial charge on any atom is -0.497 e. The molecule has 6 heteroatoms. The van der Waals surface area contributed by atoms with Gasteiger partial charge in [0.2, 0.25) is 0 Å². The average Bonchev–Trinajstić information content (AvgIpc) is 3.08. The van der Waals surface area contributed by atoms with E-state index in [4.69, 9.17) is 27.9 Å². The van der Waals surface area contributed by atoms with Crippen molar-refractivity contribution < 1.29 is 4.74 Å². The lowest BCUT2D eigenvalue weighted by Gasteiger charge is -2.15. The molecule has 0 fully saturated rings. The van der Waals surface area contributed by atoms with E-state index in [-0.39, 0.29) is 6.04 Å². The SMILES string of the molecule is COc1ccc2nc(CCl)n(C(C)c3ccc(Cl)s3)c2c1. The van der Waals surface area contributed by atoms with Crippen LogP contribution in [0.1, 0.15) is 23.7 Å². The Bertz CT molecular complexity index is 781. The second-order valence-electron chi connectivity index (χ2n) is 4.70. The quantitative estimate of drug-likeness (QED) is 0.617. The van der Waals surface area contributed by atoms with E-state index in [2.05, 4.69) is 16.5 Å². The second-order valence-corrected chi connectivity index (χ2v) is 6.72. The van der Waals surface area contributed by atoms with Crippen molar-refractivity contribution in [2.75, 3.05) is 7.11 Å². The summed E-state index contributed by atoms with van der Waals surface area (Å²) in [5, 5.41) is 0. The van der Waals surface area contributed by atoms with Gasteiger partial charge in [-0.1, -0.05) is 11.6 Å². The topological polar surface area (TPSA) is 27.1 Å². The van der Waals surface area contributed by atoms with E-state index in [9.17, 15) is 0 Å². The second kappa shape index (κ2) is 5.87. The van der Waals surface area contributed by atoms with Crippen molar-refractivity contribution in [2.45, 2.75) is 18.8 Å². The molecule has 1 aromatic carbocycles. The van der Waals surface area contributed by atoms with E-state index in [1.807, 2.05) is 30.3 Å². The number of fused-ring (bicyclic) bond motifs is 1. The Morgan fingerprint density at radius 3 is 2.76 bits per heavy atom. The van der Waals surface area contributed by atoms with Gasteiger partial charge in [-0.2, -0.15) is 0 Å². The molecule has 3 rings (SSSR count). The monoisotopic (exact) mass is 340 g/mol. The van der Waals surface area contributed by atoms with Gasteiger partial charge in [0.25, 0.3) is 0 Å². The van der Waals surface area contributed by atoms with Crippen LogP contribution >= 0.6 is 34.5 Å². The van der Waals surface area contributed by atoms with Crippen LogP contribution in [0.2, 0.25) is 4.34 Å². The number of hydrogen-bond donors (Lipinski definition) is 0. The molecule has 21 heavy (non-hydrogen) atoms. The molecule has 0 aliphatic carbocycles. The number of alkyl halides is 1. The number of imidazole rings is 1. The summed E-state index contributed by atoms with van der Waals surface area (Å²) in [6, 6.07) is 9.93. The lowest BCUT2D eigenvalue weighted by Crippen LogP contribution is -2.08. The third kappa shape index (κ3) is 2.63. The molecule has 110 valence electrons. The van der Waals surface area contributed by atoms with Gasteiger partial charge in [-0.05, 0) is 31.2 Å². The first-order chi connectivity index (χ1) is 10.1. The van der Waals surface area contributed by atoms with E-state index >= 15 is 0 Å². The fraction of sp³-hybridized carbons (Fsp3) is 0.267. The lowest BCUT2D eigenvalue weighted by atomic mass is 10.2. The van der Waals surface area contributed by atoms with E-state index in [1.54, 1.807) is 18.4 Å². The Hall–Kier alpha value is -1.23. The first kappa shape index (κ1) is 14.7. The molecule has 1 unspecified atom stereocenters. The van der Waals surface area contributed by atoms with Crippen LogP contribution in [-0.2, 0) is 5.88 Å². The molecule has 0 saturated carbocycles. The van der Waals surface area contributed by atoms with E-state index in [0.717, 1.165) is 26.9 Å². The number of methoxy groups -OCH3 is 1. The summed E-state index contributed by atoms with van der Waals surface area (Å²) < 4.78 is 8.25. The van der Waals surface area contributed by atoms with Gasteiger partial charge in [-0.25, -0.2) is 4.98 Å². The third-order valence-electron chi connectivity index (χ3n) is 3.48. The first-order valence-electron chi connectivity index (χ1n) is 6.50. The van der Waals surface area contributed by atoms with Crippen molar-refractivity contribution in [3.8, 4) is 5.75 Å². The average molecular weight is 341 g/mol. The van der Waals surface area contributed by atoms with Crippen molar-refractivity contribution in [2.24, 2.45) is 0 Å². The minimum atomic E-state index is 0.119. The highest BCUT2D eigenvalue weighted by Crippen LogP contribution is 2.33. The Kier molecular flexibility index (Phi) is 4.11. The predicted octanol–water partition coefficient (Wildman–Crippen LogP) is 5.11. The largest absolute Gasteiger partial charge is 0.497 e. The van der Waals surface area contributed by atoms with E-state index in [0.29, 0.717) is 5.88 Å². The Balaban J connectivity index is 2.18. The van der Waals surface area contributed by atoms with Crippen LogP contribution in [0.4, 0.5) is 0 Å². The smallest absolute Gasteiger partial charge is 0.125 e. The number of nitrogens with zero attached hydrogens (tertiary/aromatic N) is 2. The molecule has 0 saturated heterocycles. The van der Waals surface area contributed by atoms with Crippen molar-refractivity contribution >= 4 is 45.6 Å². The van der Waals surface area contributed by atoms with Crippen LogP contribution in [0.25, 0.3) is 11.0 Å². The highest BCUT2D eigenvalue weighted by Gasteiger charge is 2.18. The Morgan fingerprint density at radius 1 is 1.33 bits per heavy atom. The maximum Gasteiger partial charge on any atom is 0.125 e. The molecular formula is C15H14Cl2N2OS. The van der Waals surface area contributed by atoms with Crippen molar-refractivity contribution in [1.82, 2.24) is 9.55 Å². The zero-order valence-corrected chi connectivity index (χ0v) is 14.0. The maximum absolute atomic E-state index is 6.08. The molecule has 1 atom stereocenters. The zero-order chi connectivity index (χ0) is 15.0. The molecule has 3 nitrogen and oxygen atoms in total. The van der Waals surface area contributed by atoms with Crippen LogP contribution < -0.4 is 4.74 Å². The lowest BCUT2D eigenvalue weighted by molar-refractivity contribution is 0.415. The van der Waals surface area contributed by atoms with Crippen LogP contribution in [0.5, 0.6) is 5.75 Å². The molecular weight excluding hydrogens is 327 g/mol. The van der Waals surface area contributed by atoms with Crippen LogP contribution in [0.3, 0.4) is 0 Å². The third-order valence-corrected chi connectivity index (χ3v) is 5.12. The number of benzene rings is 1. The van der Waals surface area contributed by atoms with Crippen LogP contribution in [0, 0.1) is 0 Å². The van der Waals surface area contributed by atoms with E-state index < -0.39 is 0 Å². The summed E-state index contributed by atoms with van der Waals surface area (Å²) in [5.74, 6) is 2.01. The number of hydrogen-bond acceptors (Lipinski definition) is 3. The maximum atomic E-state index is 6.08. The number of rotatable bonds is 4. The number of aromatic nitrogens is 2. The standard InChI is InChI=1S/C15H14Cl2N2OS/c1-9(13-5-6-14(17)21-13)19-12-7-10(20-2)3-4-11(12)18-15(19)8-16/h3-7,9H,8H2,1-2H3. The van der Waals surface area contributed by atoms with E-state index in [1.165, 1.54) is 4.88 Å². The Morgan fingerprint density at radius 2 is 2.14 bits per heavy atom. The predicted molar refractivity (Wildman–Crippen MR) is 89.0 cm³/mol. The number of ether oxygens (including phenoxy) is 1. The summed E-state index contributed by atoms with van der Waals surface area (Å²) in [7, 11) is 1.66. The Labute approximate surface area is 137 Å². The van der Waals surface area contributed by atoms with Crippen molar-refractivity contribution in [3.63, 3.8) is 0 Å². The van der Waals surface area contributed by atoms with Crippen molar-refractivity contribution in [1.29, 1.82) is 0 Å². The zero-order valence-electron chi connectivity index (χ0n) is 11.6. The summed E-state index contributed by atoms with van der Waals surface area (Å²) in [6.45, 7) is 2.12. The van der Waals surface area contributed by atoms with Crippen LogP contribution in [-0.4, -0.2) is 16.7 Å². The van der Waals surface area contributed by atoms with Gasteiger partial charge in [0.05, 0.1) is 34.4 Å². The molecule has 3 aromatic rings. The van der Waals surface area contributed by atoms with Gasteiger partial charge in [0, 0.05) is 10.9 Å². The van der Waals surface area contributed by atoms with Gasteiger partial charge in [0.1, 0.15) is 11.6 Å². The molecule has 0 radical (unpaired) electrons. The first-order valence-corrected chi connectivity index (χ1v) is 8.23. The van der Waals surface area contributed by atoms with Gasteiger partial charge in [-0.15, -0.1) is 22.9 Å². The fourth-order valence-corrected chi connectivity index (χ4v) is 3.75. The molecule has 0 spiro atoms. The molecule has 2 aromatic heterocycles. The summed E-state index contributed by atoms with van der Waals surface area (Å²) in [6.07, 6.45) is 0. The van der Waals surface area contributed by atoms with Crippen molar-refractivity contribution in [3.05, 3.63) is 45.4 Å². The molecule has 0 N–H and O–H groups in total. The summed E-state index contributed by atoms with van der Waals surface area (Å²) in [4.78, 5) is 5.78. The van der Waals surface area contributed by atoms with Gasteiger partial charge in [-0.3, -0.25) is 0 Å². The van der Waals surface area contributed by atoms with Gasteiger partial charge >= 0.3 is 0 Å². The minimum absolute atomic E-state index is 0.119. The summed E-state index contributed by atoms with van der Waals surface area (Å²) in [5.41, 5.74) is 1.93. The highest BCUT2D eigenvalue weighted by molar-refractivity contribution is 7.16. The molecule has 0 aliphatic rings. The number of halogens is 2. The van der Waals surface area contributed by atoms with Gasteiger partial charge in [0.15, 0.2) is 0 Å².